The second-order valence-electron chi connectivity index (χ2n) is 8.03. The minimum Gasteiger partial charge on any atom is -0.416 e. The van der Waals surface area contributed by atoms with E-state index in [9.17, 15) is 18.0 Å². The number of amides is 1. The van der Waals surface area contributed by atoms with Crippen LogP contribution >= 0.6 is 0 Å². The number of alkyl halides is 3. The van der Waals surface area contributed by atoms with Crippen LogP contribution in [0.1, 0.15) is 49.6 Å². The molecular formula is C20H18F3N9O2. The number of hydrogen-bond acceptors (Lipinski definition) is 9. The predicted molar refractivity (Wildman–Crippen MR) is 111 cm³/mol. The number of nitrogens with zero attached hydrogens (tertiary/aromatic N) is 7. The van der Waals surface area contributed by atoms with Crippen molar-refractivity contribution in [2.24, 2.45) is 0 Å². The summed E-state index contributed by atoms with van der Waals surface area (Å²) in [5, 5.41) is 13.2. The Hall–Kier alpha value is -4.10. The second-order valence-corrected chi connectivity index (χ2v) is 8.03. The molecule has 176 valence electrons. The number of carbonyl (C=O) groups is 1. The molecule has 1 unspecified atom stereocenters. The van der Waals surface area contributed by atoms with Crippen LogP contribution in [0.3, 0.4) is 0 Å². The summed E-state index contributed by atoms with van der Waals surface area (Å²) >= 11 is 0. The van der Waals surface area contributed by atoms with Gasteiger partial charge in [-0.1, -0.05) is 13.3 Å². The number of aryl methyl sites for hydroxylation is 1. The molecule has 3 N–H and O–H groups in total. The molecule has 0 saturated heterocycles. The highest BCUT2D eigenvalue weighted by Gasteiger charge is 2.53. The number of rotatable bonds is 5. The summed E-state index contributed by atoms with van der Waals surface area (Å²) in [7, 11) is 0. The molecule has 1 aliphatic heterocycles. The Kier molecular flexibility index (Phi) is 4.77. The molecule has 11 nitrogen and oxygen atoms in total. The lowest BCUT2D eigenvalue weighted by molar-refractivity contribution is -0.158. The number of unbranched alkanes of at least 4 members (excludes halogenated alkanes) is 1. The Bertz CT molecular complexity index is 1430. The number of nitrogen functional groups attached to an aromatic ring is 1. The van der Waals surface area contributed by atoms with E-state index in [0.717, 1.165) is 24.8 Å². The standard InChI is InChI=1S/C20H18F3N9O2/c1-3-4-5-9-6-10(7-32-15(9)25-8-26-32)13-27-12(24)11-14(28-13)29-16(33)19(11,2)17-30-31-18(34-17)20(21,22)23/h6-8H,3-5H2,1-2H3,(H3,24,27,28,29,33). The highest BCUT2D eigenvalue weighted by atomic mass is 19.4. The summed E-state index contributed by atoms with van der Waals surface area (Å²) in [5.74, 6) is -2.70. The third kappa shape index (κ3) is 3.24. The van der Waals surface area contributed by atoms with Crippen molar-refractivity contribution in [2.45, 2.75) is 44.7 Å². The van der Waals surface area contributed by atoms with E-state index in [2.05, 4.69) is 42.5 Å². The van der Waals surface area contributed by atoms with E-state index < -0.39 is 29.3 Å². The van der Waals surface area contributed by atoms with E-state index in [1.165, 1.54) is 13.3 Å². The third-order valence-electron chi connectivity index (χ3n) is 5.73. The van der Waals surface area contributed by atoms with E-state index in [0.29, 0.717) is 11.2 Å². The SMILES string of the molecule is CCCCc1cc(-c2nc(N)c3c(n2)NC(=O)C3(C)c2nnc(C(F)(F)F)o2)cn2ncnc12. The fourth-order valence-corrected chi connectivity index (χ4v) is 3.95. The fraction of sp³-hybridized carbons (Fsp3) is 0.350. The van der Waals surface area contributed by atoms with Gasteiger partial charge in [-0.2, -0.15) is 18.3 Å². The van der Waals surface area contributed by atoms with E-state index in [4.69, 9.17) is 10.2 Å². The van der Waals surface area contributed by atoms with Crippen molar-refractivity contribution < 1.29 is 22.4 Å². The average molecular weight is 473 g/mol. The largest absolute Gasteiger partial charge is 0.470 e. The molecule has 0 aromatic carbocycles. The van der Waals surface area contributed by atoms with Gasteiger partial charge in [0.2, 0.25) is 11.8 Å². The van der Waals surface area contributed by atoms with Gasteiger partial charge in [0.1, 0.15) is 18.0 Å². The Labute approximate surface area is 189 Å². The van der Waals surface area contributed by atoms with Crippen molar-refractivity contribution in [3.05, 3.63) is 41.5 Å². The Balaban J connectivity index is 1.61. The summed E-state index contributed by atoms with van der Waals surface area (Å²) in [6.45, 7) is 3.40. The number of nitrogens with one attached hydrogen (secondary N) is 1. The van der Waals surface area contributed by atoms with Gasteiger partial charge >= 0.3 is 12.1 Å². The van der Waals surface area contributed by atoms with Crippen LogP contribution in [0.15, 0.2) is 23.0 Å². The molecule has 4 aromatic rings. The van der Waals surface area contributed by atoms with Crippen molar-refractivity contribution >= 4 is 23.2 Å². The molecular weight excluding hydrogens is 455 g/mol. The second kappa shape index (κ2) is 7.46. The molecule has 0 fully saturated rings. The van der Waals surface area contributed by atoms with Crippen LogP contribution in [-0.2, 0) is 22.8 Å². The predicted octanol–water partition coefficient (Wildman–Crippen LogP) is 2.77. The Morgan fingerprint density at radius 2 is 2.06 bits per heavy atom. The van der Waals surface area contributed by atoms with Crippen LogP contribution in [0, 0.1) is 0 Å². The van der Waals surface area contributed by atoms with Gasteiger partial charge in [0.25, 0.3) is 0 Å². The summed E-state index contributed by atoms with van der Waals surface area (Å²) in [4.78, 5) is 25.9. The number of hydrogen-bond donors (Lipinski definition) is 2. The summed E-state index contributed by atoms with van der Waals surface area (Å²) in [6, 6.07) is 1.88. The Morgan fingerprint density at radius 1 is 1.26 bits per heavy atom. The van der Waals surface area contributed by atoms with Crippen LogP contribution in [-0.4, -0.2) is 40.7 Å². The number of anilines is 2. The normalized spacial score (nSPS) is 17.9. The summed E-state index contributed by atoms with van der Waals surface area (Å²) < 4.78 is 45.3. The van der Waals surface area contributed by atoms with Crippen molar-refractivity contribution in [1.29, 1.82) is 0 Å². The van der Waals surface area contributed by atoms with E-state index in [1.54, 1.807) is 10.7 Å². The number of fused-ring (bicyclic) bond motifs is 2. The smallest absolute Gasteiger partial charge is 0.416 e. The molecule has 14 heteroatoms. The van der Waals surface area contributed by atoms with Gasteiger partial charge in [-0.3, -0.25) is 4.79 Å². The molecule has 0 bridgehead atoms. The first kappa shape index (κ1) is 21.7. The molecule has 1 aliphatic rings. The minimum absolute atomic E-state index is 0.0514. The summed E-state index contributed by atoms with van der Waals surface area (Å²) in [5.41, 5.74) is 6.70. The topological polar surface area (TPSA) is 150 Å². The van der Waals surface area contributed by atoms with Crippen LogP contribution in [0.2, 0.25) is 0 Å². The first-order chi connectivity index (χ1) is 16.1. The number of halogens is 3. The van der Waals surface area contributed by atoms with Gasteiger partial charge < -0.3 is 15.5 Å². The molecule has 0 radical (unpaired) electrons. The van der Waals surface area contributed by atoms with Gasteiger partial charge in [0, 0.05) is 11.8 Å². The fourth-order valence-electron chi connectivity index (χ4n) is 3.95. The van der Waals surface area contributed by atoms with E-state index in [1.807, 2.05) is 6.07 Å². The van der Waals surface area contributed by atoms with Crippen molar-refractivity contribution in [1.82, 2.24) is 34.8 Å². The highest BCUT2D eigenvalue weighted by Crippen LogP contribution is 2.45. The lowest BCUT2D eigenvalue weighted by Gasteiger charge is -2.18. The molecule has 0 saturated carbocycles. The first-order valence-electron chi connectivity index (χ1n) is 10.4. The van der Waals surface area contributed by atoms with Crippen molar-refractivity contribution in [3.8, 4) is 11.4 Å². The molecule has 5 heterocycles. The molecule has 0 spiro atoms. The lowest BCUT2D eigenvalue weighted by atomic mass is 9.84. The number of aromatic nitrogens is 7. The van der Waals surface area contributed by atoms with Gasteiger partial charge in [0.05, 0.1) is 5.56 Å². The van der Waals surface area contributed by atoms with Crippen LogP contribution in [0.5, 0.6) is 0 Å². The Morgan fingerprint density at radius 3 is 2.76 bits per heavy atom. The zero-order valence-electron chi connectivity index (χ0n) is 18.0. The van der Waals surface area contributed by atoms with Gasteiger partial charge in [-0.25, -0.2) is 19.5 Å². The van der Waals surface area contributed by atoms with E-state index in [-0.39, 0.29) is 23.0 Å². The summed E-state index contributed by atoms with van der Waals surface area (Å²) in [6.07, 6.45) is 0.961. The molecule has 4 aromatic heterocycles. The maximum atomic E-state index is 13.0. The molecule has 5 rings (SSSR count). The molecule has 34 heavy (non-hydrogen) atoms. The molecule has 1 amide bonds. The van der Waals surface area contributed by atoms with Gasteiger partial charge in [-0.05, 0) is 31.4 Å². The number of nitrogens with two attached hydrogens (primary N) is 1. The highest BCUT2D eigenvalue weighted by molar-refractivity contribution is 6.08. The first-order valence-corrected chi connectivity index (χ1v) is 10.4. The lowest BCUT2D eigenvalue weighted by Crippen LogP contribution is -2.33. The quantitative estimate of drug-likeness (QED) is 0.446. The average Bonchev–Trinajstić information content (AvgIpc) is 3.50. The zero-order valence-corrected chi connectivity index (χ0v) is 18.0. The van der Waals surface area contributed by atoms with Gasteiger partial charge in [0.15, 0.2) is 16.9 Å². The number of pyridine rings is 1. The van der Waals surface area contributed by atoms with Crippen LogP contribution in [0.25, 0.3) is 17.0 Å². The van der Waals surface area contributed by atoms with Gasteiger partial charge in [-0.15, -0.1) is 10.2 Å². The number of carbonyl (C=O) groups excluding carboxylic acids is 1. The minimum atomic E-state index is -4.86. The van der Waals surface area contributed by atoms with Crippen LogP contribution < -0.4 is 11.1 Å². The molecule has 1 atom stereocenters. The van der Waals surface area contributed by atoms with E-state index >= 15 is 0 Å². The maximum absolute atomic E-state index is 13.0. The zero-order chi connectivity index (χ0) is 24.3. The van der Waals surface area contributed by atoms with Crippen molar-refractivity contribution in [3.63, 3.8) is 0 Å². The maximum Gasteiger partial charge on any atom is 0.470 e. The van der Waals surface area contributed by atoms with Crippen LogP contribution in [0.4, 0.5) is 24.8 Å². The molecule has 0 aliphatic carbocycles. The monoisotopic (exact) mass is 473 g/mol. The third-order valence-corrected chi connectivity index (χ3v) is 5.73. The van der Waals surface area contributed by atoms with Crippen molar-refractivity contribution in [2.75, 3.05) is 11.1 Å².